The number of anilines is 1. The van der Waals surface area contributed by atoms with Gasteiger partial charge in [0.2, 0.25) is 0 Å². The Morgan fingerprint density at radius 1 is 0.964 bits per heavy atom. The fourth-order valence-electron chi connectivity index (χ4n) is 2.51. The number of amides is 1. The number of nitrogens with one attached hydrogen (secondary N) is 1. The van der Waals surface area contributed by atoms with E-state index >= 15 is 0 Å². The minimum absolute atomic E-state index is 0.219. The van der Waals surface area contributed by atoms with E-state index in [0.29, 0.717) is 27.8 Å². The van der Waals surface area contributed by atoms with E-state index < -0.39 is 0 Å². The summed E-state index contributed by atoms with van der Waals surface area (Å²) < 4.78 is 7.25. The monoisotopic (exact) mass is 391 g/mol. The summed E-state index contributed by atoms with van der Waals surface area (Å²) in [6, 6.07) is 21.2. The fourth-order valence-corrected chi connectivity index (χ4v) is 2.68. The van der Waals surface area contributed by atoms with Crippen molar-refractivity contribution in [2.75, 3.05) is 5.32 Å². The molecular weight excluding hydrogens is 378 g/mol. The molecule has 0 spiro atoms. The third-order valence-electron chi connectivity index (χ3n) is 3.92. The molecule has 0 atom stereocenters. The van der Waals surface area contributed by atoms with Crippen molar-refractivity contribution in [2.24, 2.45) is 0 Å². The van der Waals surface area contributed by atoms with Gasteiger partial charge in [-0.2, -0.15) is 0 Å². The van der Waals surface area contributed by atoms with Gasteiger partial charge in [-0.05, 0) is 71.1 Å². The lowest BCUT2D eigenvalue weighted by atomic mass is 10.2. The van der Waals surface area contributed by atoms with Gasteiger partial charge in [-0.25, -0.2) is 4.68 Å². The molecule has 28 heavy (non-hydrogen) atoms. The molecule has 8 heteroatoms. The van der Waals surface area contributed by atoms with Crippen LogP contribution in [0.5, 0.6) is 11.5 Å². The van der Waals surface area contributed by atoms with Crippen molar-refractivity contribution in [3.8, 4) is 17.2 Å². The van der Waals surface area contributed by atoms with Crippen LogP contribution >= 0.6 is 11.6 Å². The number of nitrogens with zero attached hydrogens (tertiary/aromatic N) is 4. The Morgan fingerprint density at radius 2 is 1.71 bits per heavy atom. The highest BCUT2D eigenvalue weighted by atomic mass is 35.5. The van der Waals surface area contributed by atoms with Gasteiger partial charge in [0, 0.05) is 11.3 Å². The first-order chi connectivity index (χ1) is 13.7. The summed E-state index contributed by atoms with van der Waals surface area (Å²) >= 11 is 6.09. The molecule has 3 aromatic carbocycles. The molecule has 138 valence electrons. The lowest BCUT2D eigenvalue weighted by molar-refractivity contribution is 0.102. The standard InChI is InChI=1S/C20H14ClN5O2/c21-18-3-1-2-4-19(18)28-17-11-7-15(8-12-17)23-20(27)14-5-9-16(10-6-14)26-13-22-24-25-26/h1-13H,(H,23,27). The minimum Gasteiger partial charge on any atom is -0.456 e. The highest BCUT2D eigenvalue weighted by Crippen LogP contribution is 2.29. The summed E-state index contributed by atoms with van der Waals surface area (Å²) in [5.41, 5.74) is 1.94. The third kappa shape index (κ3) is 3.99. The second-order valence-electron chi connectivity index (χ2n) is 5.81. The van der Waals surface area contributed by atoms with Crippen LogP contribution in [0, 0.1) is 0 Å². The Balaban J connectivity index is 1.41. The number of rotatable bonds is 5. The largest absolute Gasteiger partial charge is 0.456 e. The van der Waals surface area contributed by atoms with Crippen LogP contribution < -0.4 is 10.1 Å². The van der Waals surface area contributed by atoms with Crippen LogP contribution in [0.25, 0.3) is 5.69 Å². The Hall–Kier alpha value is -3.71. The van der Waals surface area contributed by atoms with E-state index in [-0.39, 0.29) is 5.91 Å². The summed E-state index contributed by atoms with van der Waals surface area (Å²) in [6.07, 6.45) is 1.49. The van der Waals surface area contributed by atoms with Crippen molar-refractivity contribution in [1.82, 2.24) is 20.2 Å². The average Bonchev–Trinajstić information content (AvgIpc) is 3.26. The van der Waals surface area contributed by atoms with Crippen LogP contribution in [0.15, 0.2) is 79.1 Å². The van der Waals surface area contributed by atoms with Crippen molar-refractivity contribution < 1.29 is 9.53 Å². The molecule has 0 aliphatic heterocycles. The molecule has 0 fully saturated rings. The number of tetrazole rings is 1. The highest BCUT2D eigenvalue weighted by molar-refractivity contribution is 6.32. The van der Waals surface area contributed by atoms with Crippen LogP contribution in [-0.2, 0) is 0 Å². The van der Waals surface area contributed by atoms with E-state index in [9.17, 15) is 4.79 Å². The van der Waals surface area contributed by atoms with Crippen molar-refractivity contribution in [3.63, 3.8) is 0 Å². The summed E-state index contributed by atoms with van der Waals surface area (Å²) in [5.74, 6) is 0.976. The summed E-state index contributed by atoms with van der Waals surface area (Å²) in [7, 11) is 0. The lowest BCUT2D eigenvalue weighted by Gasteiger charge is -2.09. The van der Waals surface area contributed by atoms with Gasteiger partial charge < -0.3 is 10.1 Å². The molecule has 1 N–H and O–H groups in total. The number of halogens is 1. The summed E-state index contributed by atoms with van der Waals surface area (Å²) in [5, 5.41) is 14.4. The van der Waals surface area contributed by atoms with Crippen LogP contribution in [0.3, 0.4) is 0 Å². The number of benzene rings is 3. The molecule has 0 aliphatic rings. The lowest BCUT2D eigenvalue weighted by Crippen LogP contribution is -2.11. The zero-order valence-electron chi connectivity index (χ0n) is 14.5. The van der Waals surface area contributed by atoms with Gasteiger partial charge in [0.15, 0.2) is 0 Å². The molecule has 0 saturated heterocycles. The first kappa shape index (κ1) is 17.7. The summed E-state index contributed by atoms with van der Waals surface area (Å²) in [6.45, 7) is 0. The van der Waals surface area contributed by atoms with E-state index in [2.05, 4.69) is 20.8 Å². The highest BCUT2D eigenvalue weighted by Gasteiger charge is 2.08. The van der Waals surface area contributed by atoms with E-state index in [4.69, 9.17) is 16.3 Å². The van der Waals surface area contributed by atoms with Crippen molar-refractivity contribution in [3.05, 3.63) is 89.7 Å². The predicted molar refractivity (Wildman–Crippen MR) is 105 cm³/mol. The van der Waals surface area contributed by atoms with E-state index in [1.54, 1.807) is 60.7 Å². The van der Waals surface area contributed by atoms with Crippen LogP contribution in [-0.4, -0.2) is 26.1 Å². The Bertz CT molecular complexity index is 1080. The maximum absolute atomic E-state index is 12.4. The molecule has 4 aromatic rings. The second kappa shape index (κ2) is 7.89. The topological polar surface area (TPSA) is 81.9 Å². The van der Waals surface area contributed by atoms with Crippen LogP contribution in [0.4, 0.5) is 5.69 Å². The molecule has 1 amide bonds. The molecule has 1 aromatic heterocycles. The smallest absolute Gasteiger partial charge is 0.255 e. The zero-order valence-corrected chi connectivity index (χ0v) is 15.2. The Kier molecular flexibility index (Phi) is 4.99. The van der Waals surface area contributed by atoms with Crippen LogP contribution in [0.1, 0.15) is 10.4 Å². The average molecular weight is 392 g/mol. The minimum atomic E-state index is -0.219. The predicted octanol–water partition coefficient (Wildman–Crippen LogP) is 4.36. The number of carbonyl (C=O) groups is 1. The molecule has 1 heterocycles. The van der Waals surface area contributed by atoms with Gasteiger partial charge >= 0.3 is 0 Å². The number of hydrogen-bond acceptors (Lipinski definition) is 5. The van der Waals surface area contributed by atoms with Gasteiger partial charge in [0.25, 0.3) is 5.91 Å². The molecule has 4 rings (SSSR count). The fraction of sp³-hybridized carbons (Fsp3) is 0. The van der Waals surface area contributed by atoms with Crippen molar-refractivity contribution in [1.29, 1.82) is 0 Å². The molecular formula is C20H14ClN5O2. The maximum atomic E-state index is 12.4. The number of aromatic nitrogens is 4. The SMILES string of the molecule is O=C(Nc1ccc(Oc2ccccc2Cl)cc1)c1ccc(-n2cnnn2)cc1. The molecule has 7 nitrogen and oxygen atoms in total. The normalized spacial score (nSPS) is 10.5. The van der Waals surface area contributed by atoms with Gasteiger partial charge in [0.1, 0.15) is 17.8 Å². The Morgan fingerprint density at radius 3 is 2.39 bits per heavy atom. The second-order valence-corrected chi connectivity index (χ2v) is 6.22. The number of carbonyl (C=O) groups excluding carboxylic acids is 1. The molecule has 0 saturated carbocycles. The number of hydrogen-bond donors (Lipinski definition) is 1. The van der Waals surface area contributed by atoms with Gasteiger partial charge in [0.05, 0.1) is 10.7 Å². The Labute approximate surface area is 165 Å². The number of ether oxygens (including phenoxy) is 1. The van der Waals surface area contributed by atoms with Crippen molar-refractivity contribution in [2.45, 2.75) is 0 Å². The molecule has 0 bridgehead atoms. The maximum Gasteiger partial charge on any atom is 0.255 e. The van der Waals surface area contributed by atoms with Crippen LogP contribution in [0.2, 0.25) is 5.02 Å². The third-order valence-corrected chi connectivity index (χ3v) is 4.23. The molecule has 0 aliphatic carbocycles. The van der Waals surface area contributed by atoms with Crippen molar-refractivity contribution >= 4 is 23.2 Å². The van der Waals surface area contributed by atoms with Gasteiger partial charge in [-0.3, -0.25) is 4.79 Å². The van der Waals surface area contributed by atoms with E-state index in [1.807, 2.05) is 12.1 Å². The number of para-hydroxylation sites is 1. The van der Waals surface area contributed by atoms with Gasteiger partial charge in [-0.15, -0.1) is 5.10 Å². The quantitative estimate of drug-likeness (QED) is 0.546. The molecule has 0 unspecified atom stereocenters. The zero-order chi connectivity index (χ0) is 19.3. The first-order valence-electron chi connectivity index (χ1n) is 8.36. The molecule has 0 radical (unpaired) electrons. The van der Waals surface area contributed by atoms with E-state index in [1.165, 1.54) is 11.0 Å². The first-order valence-corrected chi connectivity index (χ1v) is 8.74. The van der Waals surface area contributed by atoms with Gasteiger partial charge in [-0.1, -0.05) is 23.7 Å². The summed E-state index contributed by atoms with van der Waals surface area (Å²) in [4.78, 5) is 12.4. The van der Waals surface area contributed by atoms with E-state index in [0.717, 1.165) is 5.69 Å².